The maximum atomic E-state index is 10.2. The maximum Gasteiger partial charge on any atom is 0.111 e. The van der Waals surface area contributed by atoms with E-state index in [0.717, 1.165) is 11.3 Å². The van der Waals surface area contributed by atoms with Crippen molar-refractivity contribution in [3.63, 3.8) is 0 Å². The second-order valence-electron chi connectivity index (χ2n) is 3.84. The summed E-state index contributed by atoms with van der Waals surface area (Å²) in [7, 11) is 0. The molecule has 1 aliphatic heterocycles. The first-order chi connectivity index (χ1) is 7.28. The number of aliphatic hydroxyl groups is 1. The van der Waals surface area contributed by atoms with Gasteiger partial charge in [0, 0.05) is 11.5 Å². The summed E-state index contributed by atoms with van der Waals surface area (Å²) in [5.74, 6) is 0. The molecule has 0 amide bonds. The molecule has 3 nitrogen and oxygen atoms in total. The van der Waals surface area contributed by atoms with E-state index in [1.165, 1.54) is 11.3 Å². The highest BCUT2D eigenvalue weighted by Gasteiger charge is 2.41. The highest BCUT2D eigenvalue weighted by molar-refractivity contribution is 7.10. The number of ether oxygens (including phenoxy) is 1. The van der Waals surface area contributed by atoms with Crippen LogP contribution in [0, 0.1) is 16.7 Å². The lowest BCUT2D eigenvalue weighted by molar-refractivity contribution is -0.0492. The van der Waals surface area contributed by atoms with Crippen molar-refractivity contribution in [3.05, 3.63) is 22.4 Å². The van der Waals surface area contributed by atoms with Gasteiger partial charge in [-0.05, 0) is 24.3 Å². The Morgan fingerprint density at radius 1 is 1.67 bits per heavy atom. The molecule has 2 atom stereocenters. The number of nitrogens with zero attached hydrogens (tertiary/aromatic N) is 1. The number of rotatable bonds is 2. The molecule has 0 radical (unpaired) electrons. The SMILES string of the molecule is N#CC1(C(O)c2cccs2)CCCOC1. The predicted octanol–water partition coefficient (Wildman–Crippen LogP) is 2.10. The minimum atomic E-state index is -0.747. The largest absolute Gasteiger partial charge is 0.386 e. The summed E-state index contributed by atoms with van der Waals surface area (Å²) in [6.45, 7) is 1.03. The molecule has 0 spiro atoms. The molecule has 1 aliphatic rings. The van der Waals surface area contributed by atoms with Crippen molar-refractivity contribution in [2.24, 2.45) is 5.41 Å². The first-order valence-corrected chi connectivity index (χ1v) is 5.87. The molecule has 2 heterocycles. The van der Waals surface area contributed by atoms with E-state index in [9.17, 15) is 10.4 Å². The highest BCUT2D eigenvalue weighted by Crippen LogP contribution is 2.41. The zero-order valence-corrected chi connectivity index (χ0v) is 9.17. The van der Waals surface area contributed by atoms with Crippen LogP contribution in [0.15, 0.2) is 17.5 Å². The van der Waals surface area contributed by atoms with Crippen LogP contribution in [0.3, 0.4) is 0 Å². The van der Waals surface area contributed by atoms with Crippen molar-refractivity contribution in [1.29, 1.82) is 5.26 Å². The minimum absolute atomic E-state index is 0.336. The summed E-state index contributed by atoms with van der Waals surface area (Å²) in [5, 5.41) is 21.3. The van der Waals surface area contributed by atoms with E-state index in [4.69, 9.17) is 4.74 Å². The van der Waals surface area contributed by atoms with Crippen LogP contribution in [0.25, 0.3) is 0 Å². The molecule has 4 heteroatoms. The highest BCUT2D eigenvalue weighted by atomic mass is 32.1. The number of thiophene rings is 1. The average molecular weight is 223 g/mol. The smallest absolute Gasteiger partial charge is 0.111 e. The van der Waals surface area contributed by atoms with Gasteiger partial charge in [-0.25, -0.2) is 0 Å². The fourth-order valence-electron chi connectivity index (χ4n) is 1.90. The van der Waals surface area contributed by atoms with Crippen LogP contribution < -0.4 is 0 Å². The average Bonchev–Trinajstić information content (AvgIpc) is 2.82. The Morgan fingerprint density at radius 3 is 3.07 bits per heavy atom. The minimum Gasteiger partial charge on any atom is -0.386 e. The summed E-state index contributed by atoms with van der Waals surface area (Å²) >= 11 is 1.48. The van der Waals surface area contributed by atoms with Gasteiger partial charge in [-0.3, -0.25) is 0 Å². The molecule has 1 aromatic rings. The second-order valence-corrected chi connectivity index (χ2v) is 4.82. The van der Waals surface area contributed by atoms with E-state index < -0.39 is 11.5 Å². The van der Waals surface area contributed by atoms with E-state index in [2.05, 4.69) is 6.07 Å². The fraction of sp³-hybridized carbons (Fsp3) is 0.545. The van der Waals surface area contributed by atoms with Crippen LogP contribution in [0.2, 0.25) is 0 Å². The Labute approximate surface area is 92.9 Å². The van der Waals surface area contributed by atoms with Gasteiger partial charge >= 0.3 is 0 Å². The van der Waals surface area contributed by atoms with Gasteiger partial charge in [0.2, 0.25) is 0 Å². The zero-order chi connectivity index (χ0) is 10.7. The van der Waals surface area contributed by atoms with Crippen LogP contribution in [0.1, 0.15) is 23.8 Å². The van der Waals surface area contributed by atoms with E-state index in [0.29, 0.717) is 19.6 Å². The molecule has 0 bridgehead atoms. The van der Waals surface area contributed by atoms with E-state index in [1.54, 1.807) is 0 Å². The Hall–Kier alpha value is -0.890. The molecule has 1 aromatic heterocycles. The van der Waals surface area contributed by atoms with Crippen molar-refractivity contribution >= 4 is 11.3 Å². The topological polar surface area (TPSA) is 53.2 Å². The van der Waals surface area contributed by atoms with Crippen LogP contribution in [0.4, 0.5) is 0 Å². The van der Waals surface area contributed by atoms with Crippen molar-refractivity contribution in [2.45, 2.75) is 18.9 Å². The lowest BCUT2D eigenvalue weighted by atomic mass is 9.78. The van der Waals surface area contributed by atoms with Gasteiger partial charge in [-0.2, -0.15) is 5.26 Å². The van der Waals surface area contributed by atoms with E-state index >= 15 is 0 Å². The summed E-state index contributed by atoms with van der Waals surface area (Å²) in [4.78, 5) is 0.849. The lowest BCUT2D eigenvalue weighted by Gasteiger charge is -2.34. The predicted molar refractivity (Wildman–Crippen MR) is 57.4 cm³/mol. The van der Waals surface area contributed by atoms with Gasteiger partial charge in [0.05, 0.1) is 12.7 Å². The maximum absolute atomic E-state index is 10.2. The quantitative estimate of drug-likeness (QED) is 0.835. The van der Waals surface area contributed by atoms with Crippen LogP contribution in [-0.2, 0) is 4.74 Å². The summed E-state index contributed by atoms with van der Waals surface area (Å²) in [6, 6.07) is 5.99. The van der Waals surface area contributed by atoms with Gasteiger partial charge in [0.25, 0.3) is 0 Å². The number of nitriles is 1. The van der Waals surface area contributed by atoms with Crippen LogP contribution in [0.5, 0.6) is 0 Å². The summed E-state index contributed by atoms with van der Waals surface area (Å²) in [5.41, 5.74) is -0.747. The number of hydrogen-bond acceptors (Lipinski definition) is 4. The molecular weight excluding hydrogens is 210 g/mol. The molecule has 0 aromatic carbocycles. The first kappa shape index (κ1) is 10.6. The third-order valence-electron chi connectivity index (χ3n) is 2.83. The molecule has 2 rings (SSSR count). The molecule has 2 unspecified atom stereocenters. The van der Waals surface area contributed by atoms with Crippen molar-refractivity contribution in [1.82, 2.24) is 0 Å². The normalized spacial score (nSPS) is 28.3. The Morgan fingerprint density at radius 2 is 2.53 bits per heavy atom. The monoisotopic (exact) mass is 223 g/mol. The van der Waals surface area contributed by atoms with Gasteiger partial charge in [-0.1, -0.05) is 6.07 Å². The zero-order valence-electron chi connectivity index (χ0n) is 8.35. The van der Waals surface area contributed by atoms with Gasteiger partial charge in [0.1, 0.15) is 11.5 Å². The Bertz CT molecular complexity index is 349. The van der Waals surface area contributed by atoms with E-state index in [1.807, 2.05) is 17.5 Å². The molecule has 1 saturated heterocycles. The molecule has 1 N–H and O–H groups in total. The van der Waals surface area contributed by atoms with Crippen molar-refractivity contribution < 1.29 is 9.84 Å². The second kappa shape index (κ2) is 4.31. The van der Waals surface area contributed by atoms with Gasteiger partial charge in [0.15, 0.2) is 0 Å². The molecular formula is C11H13NO2S. The molecule has 0 aliphatic carbocycles. The first-order valence-electron chi connectivity index (χ1n) is 4.99. The number of hydrogen-bond donors (Lipinski definition) is 1. The van der Waals surface area contributed by atoms with Crippen LogP contribution >= 0.6 is 11.3 Å². The van der Waals surface area contributed by atoms with Crippen LogP contribution in [-0.4, -0.2) is 18.3 Å². The van der Waals surface area contributed by atoms with Crippen molar-refractivity contribution in [3.8, 4) is 6.07 Å². The lowest BCUT2D eigenvalue weighted by Crippen LogP contribution is -2.36. The summed E-state index contributed by atoms with van der Waals surface area (Å²) < 4.78 is 5.32. The van der Waals surface area contributed by atoms with Crippen molar-refractivity contribution in [2.75, 3.05) is 13.2 Å². The van der Waals surface area contributed by atoms with Gasteiger partial charge < -0.3 is 9.84 Å². The molecule has 80 valence electrons. The Kier molecular flexibility index (Phi) is 3.06. The van der Waals surface area contributed by atoms with Gasteiger partial charge in [-0.15, -0.1) is 11.3 Å². The number of aliphatic hydroxyl groups excluding tert-OH is 1. The Balaban J connectivity index is 2.23. The third kappa shape index (κ3) is 1.91. The standard InChI is InChI=1S/C11H13NO2S/c12-7-11(4-2-5-14-8-11)10(13)9-3-1-6-15-9/h1,3,6,10,13H,2,4-5,8H2. The van der Waals surface area contributed by atoms with E-state index in [-0.39, 0.29) is 0 Å². The third-order valence-corrected chi connectivity index (χ3v) is 3.75. The molecule has 15 heavy (non-hydrogen) atoms. The fourth-order valence-corrected chi connectivity index (χ4v) is 2.73. The molecule has 0 saturated carbocycles. The summed E-state index contributed by atoms with van der Waals surface area (Å²) in [6.07, 6.45) is 0.834. The molecule has 1 fully saturated rings.